The van der Waals surface area contributed by atoms with Gasteiger partial charge in [0.1, 0.15) is 5.75 Å². The number of hydrogen-bond donors (Lipinski definition) is 2. The Bertz CT molecular complexity index is 706. The Morgan fingerprint density at radius 2 is 2.13 bits per heavy atom. The van der Waals surface area contributed by atoms with Gasteiger partial charge in [-0.3, -0.25) is 10.1 Å². The first-order valence-corrected chi connectivity index (χ1v) is 7.01. The second kappa shape index (κ2) is 7.41. The number of nitrogens with two attached hydrogens (primary N) is 1. The zero-order chi connectivity index (χ0) is 16.8. The number of aromatic nitrogens is 1. The molecule has 1 heterocycles. The molecular formula is C15H18N4O4. The van der Waals surface area contributed by atoms with E-state index in [1.165, 1.54) is 19.2 Å². The molecule has 0 aliphatic rings. The topological polar surface area (TPSA) is 113 Å². The molecule has 8 nitrogen and oxygen atoms in total. The Morgan fingerprint density at radius 3 is 2.74 bits per heavy atom. The van der Waals surface area contributed by atoms with Crippen molar-refractivity contribution in [2.24, 2.45) is 5.73 Å². The van der Waals surface area contributed by atoms with Gasteiger partial charge >= 0.3 is 5.69 Å². The van der Waals surface area contributed by atoms with Crippen molar-refractivity contribution >= 4 is 17.2 Å². The van der Waals surface area contributed by atoms with Gasteiger partial charge in [-0.15, -0.1) is 0 Å². The average molecular weight is 318 g/mol. The number of nitrogens with one attached hydrogen (secondary N) is 1. The smallest absolute Gasteiger partial charge is 0.311 e. The second-order valence-corrected chi connectivity index (χ2v) is 4.53. The van der Waals surface area contributed by atoms with E-state index in [2.05, 4.69) is 10.3 Å². The third kappa shape index (κ3) is 3.67. The van der Waals surface area contributed by atoms with Crippen LogP contribution in [0.1, 0.15) is 12.5 Å². The molecule has 0 aliphatic carbocycles. The summed E-state index contributed by atoms with van der Waals surface area (Å²) in [6.45, 7) is 2.58. The minimum Gasteiger partial charge on any atom is -0.491 e. The molecule has 0 saturated heterocycles. The molecular weight excluding hydrogens is 300 g/mol. The summed E-state index contributed by atoms with van der Waals surface area (Å²) in [6, 6.07) is 8.14. The molecule has 0 atom stereocenters. The molecule has 2 aromatic rings. The maximum absolute atomic E-state index is 11.2. The number of nitro groups is 1. The number of para-hydroxylation sites is 1. The number of methoxy groups -OCH3 is 1. The van der Waals surface area contributed by atoms with Gasteiger partial charge in [0.05, 0.1) is 24.3 Å². The van der Waals surface area contributed by atoms with Crippen molar-refractivity contribution in [2.75, 3.05) is 19.0 Å². The van der Waals surface area contributed by atoms with Crippen molar-refractivity contribution in [1.29, 1.82) is 0 Å². The summed E-state index contributed by atoms with van der Waals surface area (Å²) in [7, 11) is 1.44. The third-order valence-corrected chi connectivity index (χ3v) is 3.11. The lowest BCUT2D eigenvalue weighted by Crippen LogP contribution is -2.06. The predicted molar refractivity (Wildman–Crippen MR) is 86.2 cm³/mol. The fourth-order valence-electron chi connectivity index (χ4n) is 2.07. The van der Waals surface area contributed by atoms with Crippen molar-refractivity contribution in [3.8, 4) is 11.6 Å². The van der Waals surface area contributed by atoms with Crippen LogP contribution in [0.25, 0.3) is 0 Å². The van der Waals surface area contributed by atoms with Gasteiger partial charge in [0.25, 0.3) is 0 Å². The van der Waals surface area contributed by atoms with Gasteiger partial charge in [-0.05, 0) is 13.0 Å². The highest BCUT2D eigenvalue weighted by Gasteiger charge is 2.19. The molecule has 122 valence electrons. The first kappa shape index (κ1) is 16.5. The van der Waals surface area contributed by atoms with Crippen molar-refractivity contribution in [3.05, 3.63) is 46.0 Å². The summed E-state index contributed by atoms with van der Waals surface area (Å²) >= 11 is 0. The fraction of sp³-hybridized carbons (Fsp3) is 0.267. The standard InChI is InChI=1S/C15H18N4O4/c1-3-23-14-10(9-16)5-4-6-11(14)17-15-12(19(20)21)7-8-13(18-15)22-2/h4-8H,3,9,16H2,1-2H3,(H,17,18). The fourth-order valence-corrected chi connectivity index (χ4v) is 2.07. The van der Waals surface area contributed by atoms with Crippen LogP contribution in [0.2, 0.25) is 0 Å². The molecule has 2 rings (SSSR count). The van der Waals surface area contributed by atoms with E-state index < -0.39 is 4.92 Å². The highest BCUT2D eigenvalue weighted by Crippen LogP contribution is 2.34. The lowest BCUT2D eigenvalue weighted by atomic mass is 10.1. The van der Waals surface area contributed by atoms with E-state index in [4.69, 9.17) is 15.2 Å². The van der Waals surface area contributed by atoms with Crippen molar-refractivity contribution < 1.29 is 14.4 Å². The molecule has 0 spiro atoms. The van der Waals surface area contributed by atoms with Crippen molar-refractivity contribution in [2.45, 2.75) is 13.5 Å². The Morgan fingerprint density at radius 1 is 1.35 bits per heavy atom. The quantitative estimate of drug-likeness (QED) is 0.596. The van der Waals surface area contributed by atoms with Gasteiger partial charge in [0.15, 0.2) is 0 Å². The molecule has 0 radical (unpaired) electrons. The highest BCUT2D eigenvalue weighted by atomic mass is 16.6. The minimum absolute atomic E-state index is 0.0736. The largest absolute Gasteiger partial charge is 0.491 e. The molecule has 0 saturated carbocycles. The lowest BCUT2D eigenvalue weighted by Gasteiger charge is -2.15. The van der Waals surface area contributed by atoms with Crippen LogP contribution >= 0.6 is 0 Å². The van der Waals surface area contributed by atoms with Crippen LogP contribution in [-0.4, -0.2) is 23.6 Å². The molecule has 0 bridgehead atoms. The summed E-state index contributed by atoms with van der Waals surface area (Å²) in [4.78, 5) is 14.8. The van der Waals surface area contributed by atoms with E-state index >= 15 is 0 Å². The monoisotopic (exact) mass is 318 g/mol. The first-order valence-electron chi connectivity index (χ1n) is 7.01. The van der Waals surface area contributed by atoms with Gasteiger partial charge in [0.2, 0.25) is 11.7 Å². The second-order valence-electron chi connectivity index (χ2n) is 4.53. The SMILES string of the molecule is CCOc1c(CN)cccc1Nc1nc(OC)ccc1[N+](=O)[O-]. The maximum atomic E-state index is 11.2. The van der Waals surface area contributed by atoms with Crippen LogP contribution in [0.5, 0.6) is 11.6 Å². The van der Waals surface area contributed by atoms with Gasteiger partial charge in [-0.25, -0.2) is 0 Å². The van der Waals surface area contributed by atoms with Gasteiger partial charge in [-0.2, -0.15) is 4.98 Å². The Kier molecular flexibility index (Phi) is 5.32. The predicted octanol–water partition coefficient (Wildman–Crippen LogP) is 2.60. The number of benzene rings is 1. The normalized spacial score (nSPS) is 10.2. The highest BCUT2D eigenvalue weighted by molar-refractivity contribution is 5.71. The first-order chi connectivity index (χ1) is 11.1. The zero-order valence-electron chi connectivity index (χ0n) is 12.9. The maximum Gasteiger partial charge on any atom is 0.311 e. The number of rotatable bonds is 7. The van der Waals surface area contributed by atoms with Crippen molar-refractivity contribution in [3.63, 3.8) is 0 Å². The molecule has 0 aliphatic heterocycles. The molecule has 1 aromatic heterocycles. The Labute approximate surface area is 133 Å². The van der Waals surface area contributed by atoms with Crippen LogP contribution in [0.15, 0.2) is 30.3 Å². The molecule has 0 unspecified atom stereocenters. The molecule has 23 heavy (non-hydrogen) atoms. The summed E-state index contributed by atoms with van der Waals surface area (Å²) in [5.74, 6) is 0.895. The summed E-state index contributed by atoms with van der Waals surface area (Å²) < 4.78 is 10.6. The van der Waals surface area contributed by atoms with E-state index in [1.54, 1.807) is 12.1 Å². The van der Waals surface area contributed by atoms with Crippen LogP contribution < -0.4 is 20.5 Å². The molecule has 8 heteroatoms. The van der Waals surface area contributed by atoms with E-state index in [9.17, 15) is 10.1 Å². The Balaban J connectivity index is 2.48. The molecule has 0 fully saturated rings. The summed E-state index contributed by atoms with van der Waals surface area (Å²) in [5.41, 5.74) is 6.90. The molecule has 3 N–H and O–H groups in total. The Hall–Kier alpha value is -2.87. The minimum atomic E-state index is -0.512. The van der Waals surface area contributed by atoms with Gasteiger partial charge in [0, 0.05) is 24.2 Å². The lowest BCUT2D eigenvalue weighted by molar-refractivity contribution is -0.384. The summed E-state index contributed by atoms with van der Waals surface area (Å²) in [5, 5.41) is 14.1. The van der Waals surface area contributed by atoms with E-state index in [0.717, 1.165) is 5.56 Å². The number of anilines is 2. The van der Waals surface area contributed by atoms with Crippen LogP contribution in [0.3, 0.4) is 0 Å². The number of hydrogen-bond acceptors (Lipinski definition) is 7. The summed E-state index contributed by atoms with van der Waals surface area (Å²) in [6.07, 6.45) is 0. The van der Waals surface area contributed by atoms with Gasteiger partial charge < -0.3 is 20.5 Å². The third-order valence-electron chi connectivity index (χ3n) is 3.11. The average Bonchev–Trinajstić information content (AvgIpc) is 2.56. The molecule has 0 amide bonds. The van der Waals surface area contributed by atoms with Crippen LogP contribution in [0, 0.1) is 10.1 Å². The van der Waals surface area contributed by atoms with E-state index in [1.807, 2.05) is 13.0 Å². The van der Waals surface area contributed by atoms with Crippen LogP contribution in [-0.2, 0) is 6.54 Å². The molecule has 1 aromatic carbocycles. The van der Waals surface area contributed by atoms with E-state index in [0.29, 0.717) is 24.6 Å². The van der Waals surface area contributed by atoms with Crippen molar-refractivity contribution in [1.82, 2.24) is 4.98 Å². The van der Waals surface area contributed by atoms with Gasteiger partial charge in [-0.1, -0.05) is 12.1 Å². The number of ether oxygens (including phenoxy) is 2. The number of pyridine rings is 1. The zero-order valence-corrected chi connectivity index (χ0v) is 12.9. The number of nitrogens with zero attached hydrogens (tertiary/aromatic N) is 2. The van der Waals surface area contributed by atoms with Crippen LogP contribution in [0.4, 0.5) is 17.2 Å². The van der Waals surface area contributed by atoms with E-state index in [-0.39, 0.29) is 17.4 Å².